The van der Waals surface area contributed by atoms with E-state index >= 15 is 0 Å². The number of rotatable bonds is 4. The zero-order valence-electron chi connectivity index (χ0n) is 15.1. The van der Waals surface area contributed by atoms with Gasteiger partial charge in [0, 0.05) is 0 Å². The number of halogens is 1. The summed E-state index contributed by atoms with van der Waals surface area (Å²) in [5, 5.41) is 3.06. The molecule has 0 aromatic heterocycles. The van der Waals surface area contributed by atoms with Gasteiger partial charge in [-0.25, -0.2) is 4.90 Å². The minimum atomic E-state index is -0.290. The van der Waals surface area contributed by atoms with Crippen LogP contribution in [0.15, 0.2) is 60.7 Å². The molecule has 4 rings (SSSR count). The Morgan fingerprint density at radius 2 is 1.64 bits per heavy atom. The van der Waals surface area contributed by atoms with Gasteiger partial charge in [0.2, 0.25) is 17.7 Å². The molecular formula is C22H19ClN2O3. The number of fused-ring (bicyclic) bond motifs is 1. The summed E-state index contributed by atoms with van der Waals surface area (Å²) in [6.45, 7) is 0. The average molecular weight is 395 g/mol. The number of anilines is 2. The molecule has 3 amide bonds. The van der Waals surface area contributed by atoms with Crippen molar-refractivity contribution in [3.63, 3.8) is 0 Å². The Morgan fingerprint density at radius 3 is 2.25 bits per heavy atom. The molecule has 0 unspecified atom stereocenters. The minimum absolute atomic E-state index is 0.184. The van der Waals surface area contributed by atoms with E-state index in [-0.39, 0.29) is 41.0 Å². The summed E-state index contributed by atoms with van der Waals surface area (Å²) < 4.78 is 0. The zero-order chi connectivity index (χ0) is 19.7. The van der Waals surface area contributed by atoms with Gasteiger partial charge >= 0.3 is 0 Å². The van der Waals surface area contributed by atoms with Crippen LogP contribution in [0, 0.1) is 11.8 Å². The molecule has 0 bridgehead atoms. The van der Waals surface area contributed by atoms with E-state index in [1.807, 2.05) is 42.5 Å². The van der Waals surface area contributed by atoms with Gasteiger partial charge in [0.15, 0.2) is 0 Å². The van der Waals surface area contributed by atoms with Gasteiger partial charge in [-0.2, -0.15) is 0 Å². The Balaban J connectivity index is 1.50. The molecule has 2 aliphatic rings. The van der Waals surface area contributed by atoms with Crippen LogP contribution in [0.5, 0.6) is 0 Å². The lowest BCUT2D eigenvalue weighted by molar-refractivity contribution is -0.122. The standard InChI is InChI=1S/C22H19ClN2O3/c23-18-13-15(25-21(27)16-8-4-5-9-17(16)22(25)28)10-11-19(18)24-20(26)12-14-6-2-1-3-7-14/h1-7,10-11,13,16-17H,8-9,12H2,(H,24,26)/t16-,17-/m1/s1. The summed E-state index contributed by atoms with van der Waals surface area (Å²) in [6.07, 6.45) is 5.32. The normalized spacial score (nSPS) is 21.0. The third-order valence-electron chi connectivity index (χ3n) is 5.20. The predicted octanol–water partition coefficient (Wildman–Crippen LogP) is 3.98. The minimum Gasteiger partial charge on any atom is -0.324 e. The Kier molecular flexibility index (Phi) is 5.01. The molecule has 1 heterocycles. The smallest absolute Gasteiger partial charge is 0.238 e. The third-order valence-corrected chi connectivity index (χ3v) is 5.51. The Labute approximate surface area is 168 Å². The summed E-state index contributed by atoms with van der Waals surface area (Å²) in [7, 11) is 0. The molecule has 0 radical (unpaired) electrons. The lowest BCUT2D eigenvalue weighted by atomic mass is 9.85. The second-order valence-corrected chi connectivity index (χ2v) is 7.45. The van der Waals surface area contributed by atoms with Crippen LogP contribution in [0.2, 0.25) is 5.02 Å². The number of imide groups is 1. The lowest BCUT2D eigenvalue weighted by Gasteiger charge is -2.16. The van der Waals surface area contributed by atoms with E-state index in [1.165, 1.54) is 4.90 Å². The largest absolute Gasteiger partial charge is 0.324 e. The van der Waals surface area contributed by atoms with Gasteiger partial charge in [-0.15, -0.1) is 0 Å². The number of hydrogen-bond acceptors (Lipinski definition) is 3. The number of nitrogens with zero attached hydrogens (tertiary/aromatic N) is 1. The Hall–Kier alpha value is -2.92. The molecule has 142 valence electrons. The van der Waals surface area contributed by atoms with E-state index in [4.69, 9.17) is 11.6 Å². The Bertz CT molecular complexity index is 945. The first-order valence-corrected chi connectivity index (χ1v) is 9.58. The van der Waals surface area contributed by atoms with E-state index < -0.39 is 0 Å². The maximum absolute atomic E-state index is 12.7. The molecule has 2 aromatic carbocycles. The maximum Gasteiger partial charge on any atom is 0.238 e. The van der Waals surface area contributed by atoms with Crippen LogP contribution in [-0.4, -0.2) is 17.7 Å². The highest BCUT2D eigenvalue weighted by molar-refractivity contribution is 6.34. The highest BCUT2D eigenvalue weighted by Crippen LogP contribution is 2.39. The van der Waals surface area contributed by atoms with E-state index in [2.05, 4.69) is 5.32 Å². The first kappa shape index (κ1) is 18.4. The van der Waals surface area contributed by atoms with Gasteiger partial charge in [0.25, 0.3) is 0 Å². The fourth-order valence-corrected chi connectivity index (χ4v) is 4.00. The van der Waals surface area contributed by atoms with Crippen molar-refractivity contribution in [1.29, 1.82) is 0 Å². The van der Waals surface area contributed by atoms with E-state index in [1.54, 1.807) is 18.2 Å². The van der Waals surface area contributed by atoms with Crippen LogP contribution >= 0.6 is 11.6 Å². The van der Waals surface area contributed by atoms with Gasteiger partial charge < -0.3 is 5.32 Å². The number of carbonyl (C=O) groups excluding carboxylic acids is 3. The zero-order valence-corrected chi connectivity index (χ0v) is 15.9. The fourth-order valence-electron chi connectivity index (χ4n) is 3.77. The molecule has 0 saturated carbocycles. The number of amides is 3. The number of nitrogens with one attached hydrogen (secondary N) is 1. The topological polar surface area (TPSA) is 66.5 Å². The monoisotopic (exact) mass is 394 g/mol. The van der Waals surface area contributed by atoms with Crippen molar-refractivity contribution in [2.45, 2.75) is 19.3 Å². The first-order valence-electron chi connectivity index (χ1n) is 9.21. The molecule has 1 aliphatic carbocycles. The lowest BCUT2D eigenvalue weighted by Crippen LogP contribution is -2.30. The van der Waals surface area contributed by atoms with E-state index in [0.29, 0.717) is 24.2 Å². The van der Waals surface area contributed by atoms with E-state index in [0.717, 1.165) is 5.56 Å². The van der Waals surface area contributed by atoms with E-state index in [9.17, 15) is 14.4 Å². The highest BCUT2D eigenvalue weighted by Gasteiger charge is 2.47. The van der Waals surface area contributed by atoms with Crippen molar-refractivity contribution >= 4 is 40.7 Å². The van der Waals surface area contributed by atoms with Crippen LogP contribution in [0.25, 0.3) is 0 Å². The van der Waals surface area contributed by atoms with Crippen molar-refractivity contribution in [1.82, 2.24) is 0 Å². The molecule has 0 spiro atoms. The number of benzene rings is 2. The van der Waals surface area contributed by atoms with Crippen molar-refractivity contribution in [2.75, 3.05) is 10.2 Å². The van der Waals surface area contributed by atoms with Crippen molar-refractivity contribution in [2.24, 2.45) is 11.8 Å². The van der Waals surface area contributed by atoms with Gasteiger partial charge in [0.05, 0.1) is 34.7 Å². The van der Waals surface area contributed by atoms with Crippen LogP contribution < -0.4 is 10.2 Å². The summed E-state index contributed by atoms with van der Waals surface area (Å²) >= 11 is 6.33. The van der Waals surface area contributed by atoms with Crippen LogP contribution in [0.3, 0.4) is 0 Å². The van der Waals surface area contributed by atoms with Crippen LogP contribution in [0.4, 0.5) is 11.4 Å². The van der Waals surface area contributed by atoms with Gasteiger partial charge in [-0.05, 0) is 36.6 Å². The molecule has 28 heavy (non-hydrogen) atoms. The maximum atomic E-state index is 12.7. The molecule has 1 saturated heterocycles. The van der Waals surface area contributed by atoms with Gasteiger partial charge in [-0.1, -0.05) is 54.1 Å². The molecular weight excluding hydrogens is 376 g/mol. The molecule has 1 aliphatic heterocycles. The number of hydrogen-bond donors (Lipinski definition) is 1. The molecule has 5 nitrogen and oxygen atoms in total. The summed E-state index contributed by atoms with van der Waals surface area (Å²) in [5.74, 6) is -1.14. The van der Waals surface area contributed by atoms with Crippen molar-refractivity contribution < 1.29 is 14.4 Å². The third kappa shape index (κ3) is 3.45. The summed E-state index contributed by atoms with van der Waals surface area (Å²) in [4.78, 5) is 38.9. The van der Waals surface area contributed by atoms with Crippen LogP contribution in [-0.2, 0) is 20.8 Å². The summed E-state index contributed by atoms with van der Waals surface area (Å²) in [6, 6.07) is 14.2. The highest BCUT2D eigenvalue weighted by atomic mass is 35.5. The average Bonchev–Trinajstić information content (AvgIpc) is 2.95. The van der Waals surface area contributed by atoms with Gasteiger partial charge in [-0.3, -0.25) is 14.4 Å². The molecule has 1 fully saturated rings. The fraction of sp³-hybridized carbons (Fsp3) is 0.227. The quantitative estimate of drug-likeness (QED) is 0.630. The predicted molar refractivity (Wildman–Crippen MR) is 108 cm³/mol. The SMILES string of the molecule is O=C(Cc1ccccc1)Nc1ccc(N2C(=O)[C@@H]3CC=CC[C@H]3C2=O)cc1Cl. The van der Waals surface area contributed by atoms with Gasteiger partial charge in [0.1, 0.15) is 0 Å². The Morgan fingerprint density at radius 1 is 1.00 bits per heavy atom. The molecule has 6 heteroatoms. The van der Waals surface area contributed by atoms with Crippen molar-refractivity contribution in [3.8, 4) is 0 Å². The first-order chi connectivity index (χ1) is 13.5. The molecule has 1 N–H and O–H groups in total. The second-order valence-electron chi connectivity index (χ2n) is 7.04. The number of carbonyl (C=O) groups is 3. The summed E-state index contributed by atoms with van der Waals surface area (Å²) in [5.41, 5.74) is 1.79. The van der Waals surface area contributed by atoms with Crippen molar-refractivity contribution in [3.05, 3.63) is 71.3 Å². The number of allylic oxidation sites excluding steroid dienone is 2. The van der Waals surface area contributed by atoms with Crippen LogP contribution in [0.1, 0.15) is 18.4 Å². The molecule has 2 atom stereocenters. The molecule has 2 aromatic rings. The second kappa shape index (κ2) is 7.60.